The molecule has 0 aliphatic rings. The minimum Gasteiger partial charge on any atom is -0.389 e. The molecule has 3 N–H and O–H groups in total. The van der Waals surface area contributed by atoms with E-state index in [1.165, 1.54) is 18.2 Å². The van der Waals surface area contributed by atoms with Crippen molar-refractivity contribution in [3.63, 3.8) is 0 Å². The molecule has 0 saturated heterocycles. The second-order valence-corrected chi connectivity index (χ2v) is 7.78. The zero-order chi connectivity index (χ0) is 14.9. The van der Waals surface area contributed by atoms with Gasteiger partial charge in [0.1, 0.15) is 15.0 Å². The molecule has 0 unspecified atom stereocenters. The average molecular weight is 351 g/mol. The van der Waals surface area contributed by atoms with Crippen molar-refractivity contribution in [3.05, 3.63) is 46.0 Å². The third-order valence-electron chi connectivity index (χ3n) is 2.30. The lowest BCUT2D eigenvalue weighted by atomic mass is 10.2. The Kier molecular flexibility index (Phi) is 4.28. The predicted molar refractivity (Wildman–Crippen MR) is 82.4 cm³/mol. The Bertz CT molecular complexity index is 774. The van der Waals surface area contributed by atoms with Gasteiger partial charge in [-0.05, 0) is 30.3 Å². The van der Waals surface area contributed by atoms with E-state index in [0.717, 1.165) is 23.5 Å². The summed E-state index contributed by atoms with van der Waals surface area (Å²) in [5, 5.41) is 0. The maximum absolute atomic E-state index is 13.2. The highest BCUT2D eigenvalue weighted by Gasteiger charge is 2.19. The third kappa shape index (κ3) is 3.26. The van der Waals surface area contributed by atoms with Crippen molar-refractivity contribution in [1.29, 1.82) is 0 Å². The molecule has 0 spiro atoms. The first-order chi connectivity index (χ1) is 9.29. The zero-order valence-electron chi connectivity index (χ0n) is 9.76. The molecule has 0 saturated carbocycles. The van der Waals surface area contributed by atoms with E-state index in [0.29, 0.717) is 4.34 Å². The summed E-state index contributed by atoms with van der Waals surface area (Å²) < 4.78 is 40.1. The summed E-state index contributed by atoms with van der Waals surface area (Å²) in [4.78, 5) is -0.105. The lowest BCUT2D eigenvalue weighted by Gasteiger charge is -2.10. The van der Waals surface area contributed by atoms with Gasteiger partial charge in [0, 0.05) is 5.56 Å². The van der Waals surface area contributed by atoms with Gasteiger partial charge in [-0.2, -0.15) is 0 Å². The monoisotopic (exact) mass is 350 g/mol. The summed E-state index contributed by atoms with van der Waals surface area (Å²) in [6.07, 6.45) is 0. The van der Waals surface area contributed by atoms with Gasteiger partial charge in [0.25, 0.3) is 10.0 Å². The fourth-order valence-corrected chi connectivity index (χ4v) is 4.18. The second-order valence-electron chi connectivity index (χ2n) is 3.72. The van der Waals surface area contributed by atoms with E-state index < -0.39 is 15.8 Å². The summed E-state index contributed by atoms with van der Waals surface area (Å²) in [6, 6.07) is 6.29. The second kappa shape index (κ2) is 5.65. The number of hydrogen-bond donors (Lipinski definition) is 2. The van der Waals surface area contributed by atoms with Crippen LogP contribution in [0.3, 0.4) is 0 Å². The number of nitrogens with one attached hydrogen (secondary N) is 1. The topological polar surface area (TPSA) is 72.2 Å². The number of thiocarbonyl (C=S) groups is 1. The number of nitrogens with two attached hydrogens (primary N) is 1. The smallest absolute Gasteiger partial charge is 0.271 e. The number of hydrogen-bond acceptors (Lipinski definition) is 4. The molecule has 1 aromatic carbocycles. The summed E-state index contributed by atoms with van der Waals surface area (Å²) in [6.45, 7) is 0. The number of halogens is 2. The van der Waals surface area contributed by atoms with E-state index in [2.05, 4.69) is 4.72 Å². The van der Waals surface area contributed by atoms with Crippen molar-refractivity contribution in [1.82, 2.24) is 0 Å². The molecule has 0 amide bonds. The van der Waals surface area contributed by atoms with Crippen molar-refractivity contribution in [3.8, 4) is 0 Å². The van der Waals surface area contributed by atoms with Crippen LogP contribution >= 0.6 is 35.2 Å². The van der Waals surface area contributed by atoms with Crippen molar-refractivity contribution in [2.24, 2.45) is 5.73 Å². The molecular formula is C11H8ClFN2O2S3. The first-order valence-electron chi connectivity index (χ1n) is 5.17. The molecule has 0 fully saturated rings. The molecule has 1 aromatic heterocycles. The molecule has 0 bridgehead atoms. The highest BCUT2D eigenvalue weighted by Crippen LogP contribution is 2.28. The molecule has 0 radical (unpaired) electrons. The maximum atomic E-state index is 13.2. The van der Waals surface area contributed by atoms with Crippen LogP contribution in [0.5, 0.6) is 0 Å². The maximum Gasteiger partial charge on any atom is 0.271 e. The van der Waals surface area contributed by atoms with E-state index >= 15 is 0 Å². The van der Waals surface area contributed by atoms with Gasteiger partial charge in [0.2, 0.25) is 0 Å². The molecule has 9 heteroatoms. The lowest BCUT2D eigenvalue weighted by molar-refractivity contribution is 0.603. The molecule has 106 valence electrons. The van der Waals surface area contributed by atoms with Crippen LogP contribution in [-0.4, -0.2) is 13.4 Å². The van der Waals surface area contributed by atoms with Crippen LogP contribution in [0.1, 0.15) is 5.56 Å². The first-order valence-corrected chi connectivity index (χ1v) is 8.26. The average Bonchev–Trinajstić information content (AvgIpc) is 2.78. The van der Waals surface area contributed by atoms with E-state index in [1.54, 1.807) is 0 Å². The van der Waals surface area contributed by atoms with Gasteiger partial charge in [-0.15, -0.1) is 11.3 Å². The van der Waals surface area contributed by atoms with Gasteiger partial charge in [-0.25, -0.2) is 12.8 Å². The molecule has 20 heavy (non-hydrogen) atoms. The predicted octanol–water partition coefficient (Wildman–Crippen LogP) is 2.98. The fraction of sp³-hybridized carbons (Fsp3) is 0. The van der Waals surface area contributed by atoms with Crippen LogP contribution in [0.15, 0.2) is 34.5 Å². The highest BCUT2D eigenvalue weighted by molar-refractivity contribution is 7.94. The summed E-state index contributed by atoms with van der Waals surface area (Å²) in [5.74, 6) is -0.560. The van der Waals surface area contributed by atoms with Crippen LogP contribution in [0.25, 0.3) is 0 Å². The Morgan fingerprint density at radius 2 is 2.05 bits per heavy atom. The minimum absolute atomic E-state index is 0.0423. The van der Waals surface area contributed by atoms with Gasteiger partial charge >= 0.3 is 0 Å². The number of anilines is 1. The van der Waals surface area contributed by atoms with Gasteiger partial charge in [-0.3, -0.25) is 4.72 Å². The molecule has 2 aromatic rings. The standard InChI is InChI=1S/C11H8ClFN2O2S3/c12-9-3-4-10(19-9)20(16,17)15-8-2-1-6(13)5-7(8)11(14)18/h1-5,15H,(H2,14,18). The molecule has 4 nitrogen and oxygen atoms in total. The van der Waals surface area contributed by atoms with Gasteiger partial charge in [0.15, 0.2) is 0 Å². The summed E-state index contributed by atoms with van der Waals surface area (Å²) in [7, 11) is -3.81. The van der Waals surface area contributed by atoms with Crippen LogP contribution in [0, 0.1) is 5.82 Å². The van der Waals surface area contributed by atoms with Crippen molar-refractivity contribution in [2.45, 2.75) is 4.21 Å². The number of sulfonamides is 1. The molecule has 0 aliphatic heterocycles. The molecule has 0 atom stereocenters. The SMILES string of the molecule is NC(=S)c1cc(F)ccc1NS(=O)(=O)c1ccc(Cl)s1. The van der Waals surface area contributed by atoms with Crippen molar-refractivity contribution >= 4 is 55.9 Å². The summed E-state index contributed by atoms with van der Waals surface area (Å²) in [5.41, 5.74) is 5.69. The van der Waals surface area contributed by atoms with E-state index in [-0.39, 0.29) is 20.4 Å². The molecular weight excluding hydrogens is 343 g/mol. The van der Waals surface area contributed by atoms with Crippen LogP contribution in [0.4, 0.5) is 10.1 Å². The Morgan fingerprint density at radius 1 is 1.35 bits per heavy atom. The highest BCUT2D eigenvalue weighted by atomic mass is 35.5. The molecule has 2 rings (SSSR count). The van der Waals surface area contributed by atoms with Crippen molar-refractivity contribution < 1.29 is 12.8 Å². The van der Waals surface area contributed by atoms with E-state index in [9.17, 15) is 12.8 Å². The first kappa shape index (κ1) is 15.2. The zero-order valence-corrected chi connectivity index (χ0v) is 13.0. The number of benzene rings is 1. The van der Waals surface area contributed by atoms with Crippen LogP contribution < -0.4 is 10.5 Å². The Hall–Kier alpha value is -1.22. The normalized spacial score (nSPS) is 11.3. The van der Waals surface area contributed by atoms with E-state index in [1.807, 2.05) is 0 Å². The van der Waals surface area contributed by atoms with Crippen LogP contribution in [-0.2, 0) is 10.0 Å². The third-order valence-corrected chi connectivity index (χ3v) is 5.61. The molecule has 1 heterocycles. The summed E-state index contributed by atoms with van der Waals surface area (Å²) >= 11 is 11.4. The minimum atomic E-state index is -3.81. The Balaban J connectivity index is 2.42. The largest absolute Gasteiger partial charge is 0.389 e. The number of rotatable bonds is 4. The molecule has 0 aliphatic carbocycles. The van der Waals surface area contributed by atoms with Gasteiger partial charge in [-0.1, -0.05) is 23.8 Å². The van der Waals surface area contributed by atoms with Gasteiger partial charge < -0.3 is 5.73 Å². The Labute approximate surface area is 129 Å². The van der Waals surface area contributed by atoms with Crippen molar-refractivity contribution in [2.75, 3.05) is 4.72 Å². The van der Waals surface area contributed by atoms with Crippen LogP contribution in [0.2, 0.25) is 4.34 Å². The fourth-order valence-electron chi connectivity index (χ4n) is 1.45. The Morgan fingerprint density at radius 3 is 2.60 bits per heavy atom. The quantitative estimate of drug-likeness (QED) is 0.831. The lowest BCUT2D eigenvalue weighted by Crippen LogP contribution is -2.17. The van der Waals surface area contributed by atoms with E-state index in [4.69, 9.17) is 29.6 Å². The van der Waals surface area contributed by atoms with Gasteiger partial charge in [0.05, 0.1) is 10.0 Å². The number of thiophene rings is 1.